The van der Waals surface area contributed by atoms with Crippen molar-refractivity contribution in [2.24, 2.45) is 5.10 Å². The average molecular weight is 457 g/mol. The van der Waals surface area contributed by atoms with Crippen molar-refractivity contribution in [3.63, 3.8) is 0 Å². The van der Waals surface area contributed by atoms with Crippen molar-refractivity contribution in [2.75, 3.05) is 14.2 Å². The van der Waals surface area contributed by atoms with E-state index >= 15 is 0 Å². The van der Waals surface area contributed by atoms with Crippen molar-refractivity contribution in [1.29, 1.82) is 0 Å². The molecule has 0 aliphatic carbocycles. The third kappa shape index (κ3) is 3.39. The number of carbonyl (C=O) groups is 1. The summed E-state index contributed by atoms with van der Waals surface area (Å²) in [7, 11) is 3.04. The van der Waals surface area contributed by atoms with E-state index in [0.29, 0.717) is 22.6 Å². The van der Waals surface area contributed by atoms with Crippen LogP contribution in [0.1, 0.15) is 39.0 Å². The van der Waals surface area contributed by atoms with Gasteiger partial charge in [-0.1, -0.05) is 60.7 Å². The predicted molar refractivity (Wildman–Crippen MR) is 126 cm³/mol. The van der Waals surface area contributed by atoms with Gasteiger partial charge in [0, 0.05) is 16.1 Å². The fourth-order valence-electron chi connectivity index (χ4n) is 5.12. The fraction of sp³-hybridized carbons (Fsp3) is 0.231. The van der Waals surface area contributed by atoms with Gasteiger partial charge in [-0.05, 0) is 23.3 Å². The normalized spacial score (nSPS) is 22.6. The Balaban J connectivity index is 1.72. The number of benzene rings is 3. The van der Waals surface area contributed by atoms with E-state index in [9.17, 15) is 14.9 Å². The van der Waals surface area contributed by atoms with Gasteiger partial charge in [0.05, 0.1) is 26.4 Å². The second-order valence-electron chi connectivity index (χ2n) is 8.29. The number of carbonyl (C=O) groups excluding carboxylic acids is 1. The Kier molecular flexibility index (Phi) is 5.49. The zero-order valence-electron chi connectivity index (χ0n) is 18.7. The number of methoxy groups -OCH3 is 2. The molecular formula is C26H23N3O5. The number of nitro groups is 1. The molecule has 172 valence electrons. The van der Waals surface area contributed by atoms with Gasteiger partial charge in [0.15, 0.2) is 17.3 Å². The van der Waals surface area contributed by atoms with E-state index in [1.54, 1.807) is 53.7 Å². The van der Waals surface area contributed by atoms with Gasteiger partial charge in [0.2, 0.25) is 6.04 Å². The van der Waals surface area contributed by atoms with Crippen molar-refractivity contribution in [1.82, 2.24) is 5.01 Å². The number of nitrogens with zero attached hydrogens (tertiary/aromatic N) is 3. The Bertz CT molecular complexity index is 1280. The van der Waals surface area contributed by atoms with Crippen molar-refractivity contribution in [3.05, 3.63) is 105 Å². The lowest BCUT2D eigenvalue weighted by atomic mass is 9.82. The standard InChI is InChI=1S/C26H23N3O5/c1-33-20-13-12-17(14-21(20)34-2)22-24(29(31)32)23-19-11-7-6-10-18(19)15-27-28(23)25(22)26(30)16-8-4-3-5-9-16/h3-15,22-25H,1-2H3/t22-,23-,24-,25+/m0/s1. The third-order valence-corrected chi connectivity index (χ3v) is 6.61. The largest absolute Gasteiger partial charge is 0.493 e. The Labute approximate surface area is 196 Å². The molecule has 0 aromatic heterocycles. The lowest BCUT2D eigenvalue weighted by Gasteiger charge is -2.30. The Morgan fingerprint density at radius 1 is 0.971 bits per heavy atom. The number of ketones is 1. The lowest BCUT2D eigenvalue weighted by molar-refractivity contribution is -0.529. The number of hydrogen-bond donors (Lipinski definition) is 0. The predicted octanol–water partition coefficient (Wildman–Crippen LogP) is 4.09. The molecule has 8 nitrogen and oxygen atoms in total. The van der Waals surface area contributed by atoms with Crippen LogP contribution in [0.4, 0.5) is 0 Å². The maximum atomic E-state index is 13.8. The summed E-state index contributed by atoms with van der Waals surface area (Å²) >= 11 is 0. The van der Waals surface area contributed by atoms with E-state index in [4.69, 9.17) is 9.47 Å². The molecule has 0 bridgehead atoms. The highest BCUT2D eigenvalue weighted by Crippen LogP contribution is 2.50. The summed E-state index contributed by atoms with van der Waals surface area (Å²) in [6.45, 7) is 0. The molecule has 2 aliphatic rings. The Morgan fingerprint density at radius 3 is 2.38 bits per heavy atom. The molecule has 34 heavy (non-hydrogen) atoms. The molecule has 0 N–H and O–H groups in total. The topological polar surface area (TPSA) is 94.3 Å². The fourth-order valence-corrected chi connectivity index (χ4v) is 5.12. The van der Waals surface area contributed by atoms with Crippen LogP contribution in [0, 0.1) is 10.1 Å². The van der Waals surface area contributed by atoms with Gasteiger partial charge in [-0.2, -0.15) is 5.10 Å². The summed E-state index contributed by atoms with van der Waals surface area (Å²) in [5.74, 6) is -0.0298. The molecule has 0 saturated carbocycles. The highest BCUT2D eigenvalue weighted by molar-refractivity contribution is 6.01. The molecule has 3 aromatic carbocycles. The number of Topliss-reactive ketones (excluding diaryl/α,β-unsaturated/α-hetero) is 1. The number of rotatable bonds is 6. The van der Waals surface area contributed by atoms with Crippen molar-refractivity contribution in [3.8, 4) is 11.5 Å². The van der Waals surface area contributed by atoms with Crippen LogP contribution in [-0.2, 0) is 0 Å². The molecule has 0 amide bonds. The van der Waals surface area contributed by atoms with Crippen LogP contribution >= 0.6 is 0 Å². The first-order chi connectivity index (χ1) is 16.5. The number of hydrogen-bond acceptors (Lipinski definition) is 7. The first-order valence-corrected chi connectivity index (χ1v) is 10.9. The molecule has 2 aliphatic heterocycles. The van der Waals surface area contributed by atoms with Crippen LogP contribution in [0.2, 0.25) is 0 Å². The Hall–Kier alpha value is -4.20. The van der Waals surface area contributed by atoms with Crippen LogP contribution in [-0.4, -0.2) is 48.2 Å². The second kappa shape index (κ2) is 8.62. The summed E-state index contributed by atoms with van der Waals surface area (Å²) in [4.78, 5) is 26.2. The monoisotopic (exact) mass is 457 g/mol. The number of fused-ring (bicyclic) bond motifs is 3. The summed E-state index contributed by atoms with van der Waals surface area (Å²) in [6.07, 6.45) is 1.67. The number of ether oxygens (including phenoxy) is 2. The van der Waals surface area contributed by atoms with Gasteiger partial charge in [0.1, 0.15) is 12.1 Å². The lowest BCUT2D eigenvalue weighted by Crippen LogP contribution is -2.38. The summed E-state index contributed by atoms with van der Waals surface area (Å²) in [5, 5.41) is 18.8. The Morgan fingerprint density at radius 2 is 1.68 bits per heavy atom. The third-order valence-electron chi connectivity index (χ3n) is 6.61. The molecule has 5 rings (SSSR count). The molecule has 0 unspecified atom stereocenters. The first kappa shape index (κ1) is 21.6. The smallest absolute Gasteiger partial charge is 0.248 e. The second-order valence-corrected chi connectivity index (χ2v) is 8.29. The molecule has 0 spiro atoms. The molecule has 2 heterocycles. The van der Waals surface area contributed by atoms with E-state index in [0.717, 1.165) is 11.1 Å². The minimum Gasteiger partial charge on any atom is -0.493 e. The zero-order valence-corrected chi connectivity index (χ0v) is 18.7. The molecule has 0 radical (unpaired) electrons. The van der Waals surface area contributed by atoms with Gasteiger partial charge in [-0.25, -0.2) is 0 Å². The van der Waals surface area contributed by atoms with E-state index in [-0.39, 0.29) is 10.7 Å². The quantitative estimate of drug-likeness (QED) is 0.314. The minimum absolute atomic E-state index is 0.216. The molecule has 4 atom stereocenters. The summed E-state index contributed by atoms with van der Waals surface area (Å²) < 4.78 is 10.8. The maximum absolute atomic E-state index is 13.8. The highest BCUT2D eigenvalue weighted by Gasteiger charge is 2.60. The van der Waals surface area contributed by atoms with Crippen LogP contribution < -0.4 is 9.47 Å². The molecular weight excluding hydrogens is 434 g/mol. The van der Waals surface area contributed by atoms with Crippen LogP contribution in [0.25, 0.3) is 0 Å². The van der Waals surface area contributed by atoms with Crippen LogP contribution in [0.5, 0.6) is 11.5 Å². The highest BCUT2D eigenvalue weighted by atomic mass is 16.6. The first-order valence-electron chi connectivity index (χ1n) is 10.9. The molecule has 3 aromatic rings. The van der Waals surface area contributed by atoms with E-state index in [1.807, 2.05) is 30.3 Å². The van der Waals surface area contributed by atoms with Gasteiger partial charge < -0.3 is 9.47 Å². The molecule has 1 saturated heterocycles. The van der Waals surface area contributed by atoms with Crippen molar-refractivity contribution < 1.29 is 19.2 Å². The number of hydrazone groups is 1. The van der Waals surface area contributed by atoms with Crippen molar-refractivity contribution >= 4 is 12.0 Å². The van der Waals surface area contributed by atoms with Crippen LogP contribution in [0.3, 0.4) is 0 Å². The minimum atomic E-state index is -1.10. The molecule has 1 fully saturated rings. The zero-order chi connectivity index (χ0) is 23.8. The maximum Gasteiger partial charge on any atom is 0.248 e. The van der Waals surface area contributed by atoms with Gasteiger partial charge in [-0.15, -0.1) is 0 Å². The van der Waals surface area contributed by atoms with Crippen LogP contribution in [0.15, 0.2) is 77.9 Å². The summed E-state index contributed by atoms with van der Waals surface area (Å²) in [5.41, 5.74) is 2.70. The molecule has 8 heteroatoms. The van der Waals surface area contributed by atoms with Gasteiger partial charge >= 0.3 is 0 Å². The SMILES string of the molecule is COc1ccc([C@H]2[C@H]([N+](=O)[O-])[C@@H]3c4ccccc4C=NN3[C@H]2C(=O)c2ccccc2)cc1OC. The van der Waals surface area contributed by atoms with Gasteiger partial charge in [-0.3, -0.25) is 19.9 Å². The van der Waals surface area contributed by atoms with E-state index in [2.05, 4.69) is 5.10 Å². The van der Waals surface area contributed by atoms with Gasteiger partial charge in [0.25, 0.3) is 0 Å². The summed E-state index contributed by atoms with van der Waals surface area (Å²) in [6, 6.07) is 18.9. The van der Waals surface area contributed by atoms with E-state index < -0.39 is 24.0 Å². The average Bonchev–Trinajstić information content (AvgIpc) is 3.24. The van der Waals surface area contributed by atoms with Crippen molar-refractivity contribution in [2.45, 2.75) is 24.0 Å². The van der Waals surface area contributed by atoms with E-state index in [1.165, 1.54) is 14.2 Å².